The largest absolute Gasteiger partial charge is 0.496 e. The number of pyridine rings is 1. The predicted molar refractivity (Wildman–Crippen MR) is 60.5 cm³/mol. The summed E-state index contributed by atoms with van der Waals surface area (Å²) in [7, 11) is 1.58. The molecule has 0 spiro atoms. The Morgan fingerprint density at radius 2 is 2.20 bits per heavy atom. The molecule has 0 aliphatic heterocycles. The van der Waals surface area contributed by atoms with Crippen molar-refractivity contribution in [2.24, 2.45) is 0 Å². The molecular formula is C12H13NO2. The molecule has 2 aromatic rings. The van der Waals surface area contributed by atoms with Gasteiger partial charge in [0.15, 0.2) is 0 Å². The van der Waals surface area contributed by atoms with E-state index in [1.54, 1.807) is 19.4 Å². The Morgan fingerprint density at radius 1 is 1.40 bits per heavy atom. The summed E-state index contributed by atoms with van der Waals surface area (Å²) in [5.41, 5.74) is 1.03. The zero-order valence-electron chi connectivity index (χ0n) is 8.83. The topological polar surface area (TPSA) is 42.1 Å². The Morgan fingerprint density at radius 3 is 2.87 bits per heavy atom. The molecule has 3 heteroatoms. The van der Waals surface area contributed by atoms with Gasteiger partial charge in [-0.1, -0.05) is 19.1 Å². The minimum atomic E-state index is -0.0975. The van der Waals surface area contributed by atoms with E-state index in [-0.39, 0.29) is 5.56 Å². The van der Waals surface area contributed by atoms with Crippen molar-refractivity contribution in [3.8, 4) is 5.75 Å². The molecule has 0 aliphatic rings. The van der Waals surface area contributed by atoms with Crippen LogP contribution in [-0.2, 0) is 6.42 Å². The van der Waals surface area contributed by atoms with E-state index in [1.807, 2.05) is 12.1 Å². The van der Waals surface area contributed by atoms with Crippen LogP contribution in [0.4, 0.5) is 0 Å². The van der Waals surface area contributed by atoms with Gasteiger partial charge >= 0.3 is 0 Å². The first kappa shape index (κ1) is 9.77. The summed E-state index contributed by atoms with van der Waals surface area (Å²) in [6.45, 7) is 2.06. The van der Waals surface area contributed by atoms with E-state index < -0.39 is 0 Å². The molecule has 0 atom stereocenters. The lowest BCUT2D eigenvalue weighted by Crippen LogP contribution is -2.08. The van der Waals surface area contributed by atoms with Gasteiger partial charge in [0, 0.05) is 6.20 Å². The number of ether oxygens (including phenoxy) is 1. The normalized spacial score (nSPS) is 10.5. The van der Waals surface area contributed by atoms with Gasteiger partial charge in [-0.25, -0.2) is 0 Å². The van der Waals surface area contributed by atoms with Gasteiger partial charge in [0.1, 0.15) is 5.75 Å². The summed E-state index contributed by atoms with van der Waals surface area (Å²) in [5, 5.41) is 1.61. The fourth-order valence-corrected chi connectivity index (χ4v) is 1.80. The van der Waals surface area contributed by atoms with Gasteiger partial charge < -0.3 is 9.72 Å². The zero-order chi connectivity index (χ0) is 10.8. The van der Waals surface area contributed by atoms with E-state index in [4.69, 9.17) is 4.74 Å². The minimum Gasteiger partial charge on any atom is -0.496 e. The molecule has 0 saturated heterocycles. The fraction of sp³-hybridized carbons (Fsp3) is 0.250. The predicted octanol–water partition coefficient (Wildman–Crippen LogP) is 2.10. The van der Waals surface area contributed by atoms with Crippen molar-refractivity contribution < 1.29 is 4.74 Å². The lowest BCUT2D eigenvalue weighted by molar-refractivity contribution is 0.419. The quantitative estimate of drug-likeness (QED) is 0.812. The average Bonchev–Trinajstić information content (AvgIpc) is 2.29. The third kappa shape index (κ3) is 1.50. The van der Waals surface area contributed by atoms with Crippen molar-refractivity contribution in [1.82, 2.24) is 4.98 Å². The van der Waals surface area contributed by atoms with E-state index in [0.29, 0.717) is 11.1 Å². The Balaban J connectivity index is 2.93. The smallest absolute Gasteiger partial charge is 0.259 e. The van der Waals surface area contributed by atoms with Crippen LogP contribution < -0.4 is 10.3 Å². The highest BCUT2D eigenvalue weighted by Crippen LogP contribution is 2.24. The molecule has 0 unspecified atom stereocenters. The van der Waals surface area contributed by atoms with E-state index in [0.717, 1.165) is 17.4 Å². The van der Waals surface area contributed by atoms with Crippen LogP contribution >= 0.6 is 0 Å². The van der Waals surface area contributed by atoms with Crippen molar-refractivity contribution in [2.75, 3.05) is 7.11 Å². The summed E-state index contributed by atoms with van der Waals surface area (Å²) >= 11 is 0. The maximum Gasteiger partial charge on any atom is 0.259 e. The van der Waals surface area contributed by atoms with Crippen LogP contribution in [-0.4, -0.2) is 12.1 Å². The summed E-state index contributed by atoms with van der Waals surface area (Å²) < 4.78 is 5.19. The Kier molecular flexibility index (Phi) is 2.46. The van der Waals surface area contributed by atoms with Crippen molar-refractivity contribution in [3.63, 3.8) is 0 Å². The van der Waals surface area contributed by atoms with E-state index in [9.17, 15) is 4.79 Å². The molecule has 1 N–H and O–H groups in total. The number of nitrogens with one attached hydrogen (secondary N) is 1. The molecule has 1 aromatic carbocycles. The Hall–Kier alpha value is -1.77. The van der Waals surface area contributed by atoms with Crippen molar-refractivity contribution in [1.29, 1.82) is 0 Å². The second kappa shape index (κ2) is 3.77. The molecule has 0 saturated carbocycles. The number of fused-ring (bicyclic) bond motifs is 1. The average molecular weight is 203 g/mol. The van der Waals surface area contributed by atoms with Crippen LogP contribution in [0.3, 0.4) is 0 Å². The van der Waals surface area contributed by atoms with Crippen molar-refractivity contribution >= 4 is 10.8 Å². The van der Waals surface area contributed by atoms with Gasteiger partial charge in [0.2, 0.25) is 0 Å². The summed E-state index contributed by atoms with van der Waals surface area (Å²) in [6, 6.07) is 5.66. The molecular weight excluding hydrogens is 190 g/mol. The Labute approximate surface area is 87.7 Å². The molecule has 0 amide bonds. The second-order valence-electron chi connectivity index (χ2n) is 3.38. The molecule has 2 rings (SSSR count). The molecule has 15 heavy (non-hydrogen) atoms. The van der Waals surface area contributed by atoms with Crippen molar-refractivity contribution in [2.45, 2.75) is 13.3 Å². The van der Waals surface area contributed by atoms with Gasteiger partial charge in [-0.2, -0.15) is 0 Å². The summed E-state index contributed by atoms with van der Waals surface area (Å²) in [5.74, 6) is 0.629. The number of methoxy groups -OCH3 is 1. The Bertz CT molecular complexity index is 543. The molecule has 0 fully saturated rings. The van der Waals surface area contributed by atoms with Gasteiger partial charge in [0.05, 0.1) is 12.5 Å². The van der Waals surface area contributed by atoms with Crippen LogP contribution in [0.15, 0.2) is 29.2 Å². The van der Waals surface area contributed by atoms with Crippen LogP contribution in [0.2, 0.25) is 0 Å². The number of hydrogen-bond donors (Lipinski definition) is 1. The van der Waals surface area contributed by atoms with Gasteiger partial charge in [-0.3, -0.25) is 4.79 Å². The van der Waals surface area contributed by atoms with E-state index in [2.05, 4.69) is 11.9 Å². The first-order chi connectivity index (χ1) is 7.27. The molecule has 78 valence electrons. The van der Waals surface area contributed by atoms with E-state index in [1.165, 1.54) is 0 Å². The standard InChI is InChI=1S/C12H13NO2/c1-3-8-7-13-12(14)11-9(8)5-4-6-10(11)15-2/h4-7H,3H2,1-2H3,(H,13,14). The number of rotatable bonds is 2. The number of hydrogen-bond acceptors (Lipinski definition) is 2. The summed E-state index contributed by atoms with van der Waals surface area (Å²) in [6.07, 6.45) is 2.66. The molecule has 3 nitrogen and oxygen atoms in total. The van der Waals surface area contributed by atoms with Gasteiger partial charge in [-0.15, -0.1) is 0 Å². The second-order valence-corrected chi connectivity index (χ2v) is 3.38. The number of benzene rings is 1. The molecule has 0 bridgehead atoms. The first-order valence-corrected chi connectivity index (χ1v) is 4.95. The molecule has 0 radical (unpaired) electrons. The zero-order valence-corrected chi connectivity index (χ0v) is 8.83. The lowest BCUT2D eigenvalue weighted by atomic mass is 10.1. The highest BCUT2D eigenvalue weighted by atomic mass is 16.5. The van der Waals surface area contributed by atoms with Crippen LogP contribution in [0, 0.1) is 0 Å². The minimum absolute atomic E-state index is 0.0975. The monoisotopic (exact) mass is 203 g/mol. The fourth-order valence-electron chi connectivity index (χ4n) is 1.80. The third-order valence-corrected chi connectivity index (χ3v) is 2.58. The number of aromatic nitrogens is 1. The first-order valence-electron chi connectivity index (χ1n) is 4.95. The highest BCUT2D eigenvalue weighted by molar-refractivity contribution is 5.89. The van der Waals surface area contributed by atoms with Crippen molar-refractivity contribution in [3.05, 3.63) is 40.3 Å². The van der Waals surface area contributed by atoms with Crippen LogP contribution in [0.25, 0.3) is 10.8 Å². The number of aromatic amines is 1. The third-order valence-electron chi connectivity index (χ3n) is 2.58. The maximum atomic E-state index is 11.7. The van der Waals surface area contributed by atoms with Gasteiger partial charge in [0.25, 0.3) is 5.56 Å². The lowest BCUT2D eigenvalue weighted by Gasteiger charge is -2.07. The van der Waals surface area contributed by atoms with Crippen LogP contribution in [0.1, 0.15) is 12.5 Å². The van der Waals surface area contributed by atoms with E-state index >= 15 is 0 Å². The van der Waals surface area contributed by atoms with Gasteiger partial charge in [-0.05, 0) is 23.4 Å². The SMILES string of the molecule is CCc1c[nH]c(=O)c2c(OC)cccc12. The highest BCUT2D eigenvalue weighted by Gasteiger charge is 2.07. The number of aryl methyl sites for hydroxylation is 1. The summed E-state index contributed by atoms with van der Waals surface area (Å²) in [4.78, 5) is 14.4. The molecule has 1 aromatic heterocycles. The van der Waals surface area contributed by atoms with Crippen LogP contribution in [0.5, 0.6) is 5.75 Å². The maximum absolute atomic E-state index is 11.7. The molecule has 1 heterocycles. The number of H-pyrrole nitrogens is 1. The molecule has 0 aliphatic carbocycles.